The number of hydrogen-bond acceptors (Lipinski definition) is 6. The molecule has 3 rings (SSSR count). The van der Waals surface area contributed by atoms with Gasteiger partial charge in [-0.05, 0) is 55.0 Å². The van der Waals surface area contributed by atoms with Crippen LogP contribution in [0.1, 0.15) is 26.4 Å². The number of benzene rings is 2. The minimum absolute atomic E-state index is 0.196. The van der Waals surface area contributed by atoms with E-state index in [2.05, 4.69) is 25.3 Å². The van der Waals surface area contributed by atoms with Crippen LogP contribution in [0.4, 0.5) is 17.2 Å². The largest absolute Gasteiger partial charge is 0.465 e. The first-order valence-electron chi connectivity index (χ1n) is 8.31. The third-order valence-corrected chi connectivity index (χ3v) is 4.15. The van der Waals surface area contributed by atoms with Crippen molar-refractivity contribution in [2.75, 3.05) is 17.7 Å². The Balaban J connectivity index is 1.72. The molecule has 0 spiro atoms. The second kappa shape index (κ2) is 8.49. The zero-order chi connectivity index (χ0) is 20.1. The first kappa shape index (κ1) is 19.3. The number of hydrogen-bond donors (Lipinski definition) is 2. The maximum absolute atomic E-state index is 12.5. The molecule has 0 aliphatic carbocycles. The number of aromatic nitrogens is 2. The average Bonchev–Trinajstić information content (AvgIpc) is 2.70. The van der Waals surface area contributed by atoms with Gasteiger partial charge in [0.05, 0.1) is 12.7 Å². The number of methoxy groups -OCH3 is 1. The number of ether oxygens (including phenoxy) is 1. The van der Waals surface area contributed by atoms with E-state index in [-0.39, 0.29) is 5.69 Å². The molecule has 1 aromatic heterocycles. The van der Waals surface area contributed by atoms with Gasteiger partial charge < -0.3 is 15.4 Å². The van der Waals surface area contributed by atoms with Crippen molar-refractivity contribution in [3.63, 3.8) is 0 Å². The number of carbonyl (C=O) groups is 2. The smallest absolute Gasteiger partial charge is 0.337 e. The van der Waals surface area contributed by atoms with Crippen LogP contribution in [0.15, 0.2) is 54.9 Å². The molecule has 0 aliphatic heterocycles. The first-order chi connectivity index (χ1) is 13.5. The van der Waals surface area contributed by atoms with Gasteiger partial charge in [-0.15, -0.1) is 0 Å². The Bertz CT molecular complexity index is 1020. The van der Waals surface area contributed by atoms with Crippen molar-refractivity contribution in [1.82, 2.24) is 9.97 Å². The van der Waals surface area contributed by atoms with Gasteiger partial charge in [0.15, 0.2) is 0 Å². The fourth-order valence-corrected chi connectivity index (χ4v) is 2.68. The maximum atomic E-state index is 12.5. The van der Waals surface area contributed by atoms with Gasteiger partial charge in [-0.3, -0.25) is 4.79 Å². The van der Waals surface area contributed by atoms with Crippen molar-refractivity contribution < 1.29 is 14.3 Å². The van der Waals surface area contributed by atoms with Crippen molar-refractivity contribution >= 4 is 40.7 Å². The van der Waals surface area contributed by atoms with E-state index in [1.165, 1.54) is 13.4 Å². The predicted molar refractivity (Wildman–Crippen MR) is 107 cm³/mol. The van der Waals surface area contributed by atoms with E-state index in [1.54, 1.807) is 36.4 Å². The topological polar surface area (TPSA) is 93.2 Å². The molecule has 0 saturated heterocycles. The Labute approximate surface area is 166 Å². The molecule has 2 aromatic carbocycles. The zero-order valence-corrected chi connectivity index (χ0v) is 15.9. The summed E-state index contributed by atoms with van der Waals surface area (Å²) in [7, 11) is 1.31. The fraction of sp³-hybridized carbons (Fsp3) is 0.100. The third-order valence-electron chi connectivity index (χ3n) is 3.91. The van der Waals surface area contributed by atoms with E-state index in [0.29, 0.717) is 22.1 Å². The van der Waals surface area contributed by atoms with E-state index in [9.17, 15) is 9.59 Å². The van der Waals surface area contributed by atoms with Crippen molar-refractivity contribution in [2.45, 2.75) is 6.92 Å². The van der Waals surface area contributed by atoms with Crippen LogP contribution < -0.4 is 10.6 Å². The van der Waals surface area contributed by atoms with Crippen molar-refractivity contribution in [2.24, 2.45) is 0 Å². The Hall–Kier alpha value is -3.45. The lowest BCUT2D eigenvalue weighted by atomic mass is 10.2. The number of nitrogens with zero attached hydrogens (tertiary/aromatic N) is 2. The molecular weight excluding hydrogens is 380 g/mol. The molecule has 2 N–H and O–H groups in total. The Kier molecular flexibility index (Phi) is 5.86. The molecule has 0 aliphatic rings. The molecule has 1 amide bonds. The van der Waals surface area contributed by atoms with Gasteiger partial charge in [-0.2, -0.15) is 0 Å². The fourth-order valence-electron chi connectivity index (χ4n) is 2.46. The van der Waals surface area contributed by atoms with Crippen LogP contribution in [-0.4, -0.2) is 29.0 Å². The molecule has 0 bridgehead atoms. The van der Waals surface area contributed by atoms with Crippen LogP contribution >= 0.6 is 11.6 Å². The highest BCUT2D eigenvalue weighted by Gasteiger charge is 2.11. The molecule has 0 unspecified atom stereocenters. The minimum atomic E-state index is -0.443. The zero-order valence-electron chi connectivity index (χ0n) is 15.2. The molecule has 0 atom stereocenters. The van der Waals surface area contributed by atoms with E-state index in [1.807, 2.05) is 19.1 Å². The second-order valence-electron chi connectivity index (χ2n) is 5.90. The standard InChI is InChI=1S/C20H17ClN4O3/c1-12-9-14(21)5-8-16(12)25-18-10-17(22-11-23-18)19(26)24-15-6-3-13(4-7-15)20(27)28-2/h3-11H,1-2H3,(H,24,26)(H,22,23,25). The lowest BCUT2D eigenvalue weighted by Gasteiger charge is -2.10. The lowest BCUT2D eigenvalue weighted by Crippen LogP contribution is -2.14. The minimum Gasteiger partial charge on any atom is -0.465 e. The summed E-state index contributed by atoms with van der Waals surface area (Å²) in [5.41, 5.74) is 2.89. The normalized spacial score (nSPS) is 10.2. The molecule has 0 fully saturated rings. The molecule has 8 heteroatoms. The van der Waals surface area contributed by atoms with E-state index in [4.69, 9.17) is 11.6 Å². The van der Waals surface area contributed by atoms with Crippen molar-refractivity contribution in [3.8, 4) is 0 Å². The van der Waals surface area contributed by atoms with E-state index < -0.39 is 11.9 Å². The van der Waals surface area contributed by atoms with Crippen LogP contribution in [0.3, 0.4) is 0 Å². The maximum Gasteiger partial charge on any atom is 0.337 e. The van der Waals surface area contributed by atoms with Gasteiger partial charge in [-0.1, -0.05) is 11.6 Å². The molecular formula is C20H17ClN4O3. The monoisotopic (exact) mass is 396 g/mol. The summed E-state index contributed by atoms with van der Waals surface area (Å²) >= 11 is 5.97. The summed E-state index contributed by atoms with van der Waals surface area (Å²) < 4.78 is 4.65. The Morgan fingerprint density at radius 2 is 1.79 bits per heavy atom. The third kappa shape index (κ3) is 4.63. The number of nitrogens with one attached hydrogen (secondary N) is 2. The first-order valence-corrected chi connectivity index (χ1v) is 8.69. The van der Waals surface area contributed by atoms with Crippen LogP contribution in [0.2, 0.25) is 5.02 Å². The van der Waals surface area contributed by atoms with Gasteiger partial charge >= 0.3 is 5.97 Å². The molecule has 3 aromatic rings. The van der Waals surface area contributed by atoms with Crippen molar-refractivity contribution in [3.05, 3.63) is 76.7 Å². The summed E-state index contributed by atoms with van der Waals surface area (Å²) in [4.78, 5) is 32.1. The van der Waals surface area contributed by atoms with Crippen molar-refractivity contribution in [1.29, 1.82) is 0 Å². The molecule has 142 valence electrons. The SMILES string of the molecule is COC(=O)c1ccc(NC(=O)c2cc(Nc3ccc(Cl)cc3C)ncn2)cc1. The highest BCUT2D eigenvalue weighted by atomic mass is 35.5. The lowest BCUT2D eigenvalue weighted by molar-refractivity contribution is 0.0600. The quantitative estimate of drug-likeness (QED) is 0.627. The Morgan fingerprint density at radius 3 is 2.46 bits per heavy atom. The van der Waals surface area contributed by atoms with Gasteiger partial charge in [0.25, 0.3) is 5.91 Å². The van der Waals surface area contributed by atoms with Gasteiger partial charge in [0, 0.05) is 22.5 Å². The average molecular weight is 397 g/mol. The van der Waals surface area contributed by atoms with E-state index >= 15 is 0 Å². The molecule has 0 radical (unpaired) electrons. The summed E-state index contributed by atoms with van der Waals surface area (Å²) in [6.07, 6.45) is 1.31. The number of rotatable bonds is 5. The van der Waals surface area contributed by atoms with Crippen LogP contribution in [-0.2, 0) is 4.74 Å². The summed E-state index contributed by atoms with van der Waals surface area (Å²) in [5.74, 6) is -0.363. The number of anilines is 3. The Morgan fingerprint density at radius 1 is 1.04 bits per heavy atom. The number of amides is 1. The summed E-state index contributed by atoms with van der Waals surface area (Å²) in [6, 6.07) is 13.3. The molecule has 7 nitrogen and oxygen atoms in total. The predicted octanol–water partition coefficient (Wildman–Crippen LogP) is 4.22. The van der Waals surface area contributed by atoms with Crippen LogP contribution in [0.25, 0.3) is 0 Å². The number of aryl methyl sites for hydroxylation is 1. The van der Waals surface area contributed by atoms with E-state index in [0.717, 1.165) is 11.3 Å². The highest BCUT2D eigenvalue weighted by Crippen LogP contribution is 2.23. The number of esters is 1. The summed E-state index contributed by atoms with van der Waals surface area (Å²) in [5, 5.41) is 6.51. The molecule has 0 saturated carbocycles. The van der Waals surface area contributed by atoms with Gasteiger partial charge in [-0.25, -0.2) is 14.8 Å². The molecule has 1 heterocycles. The number of halogens is 1. The second-order valence-corrected chi connectivity index (χ2v) is 6.33. The number of carbonyl (C=O) groups excluding carboxylic acids is 2. The van der Waals surface area contributed by atoms with Crippen LogP contribution in [0.5, 0.6) is 0 Å². The van der Waals surface area contributed by atoms with Gasteiger partial charge in [0.2, 0.25) is 0 Å². The highest BCUT2D eigenvalue weighted by molar-refractivity contribution is 6.30. The summed E-state index contributed by atoms with van der Waals surface area (Å²) in [6.45, 7) is 1.92. The van der Waals surface area contributed by atoms with Gasteiger partial charge in [0.1, 0.15) is 17.8 Å². The van der Waals surface area contributed by atoms with Crippen LogP contribution in [0, 0.1) is 6.92 Å². The molecule has 28 heavy (non-hydrogen) atoms.